The second kappa shape index (κ2) is 3.66. The highest BCUT2D eigenvalue weighted by molar-refractivity contribution is 5.68. The summed E-state index contributed by atoms with van der Waals surface area (Å²) < 4.78 is 0. The van der Waals surface area contributed by atoms with Gasteiger partial charge in [-0.25, -0.2) is 0 Å². The minimum Gasteiger partial charge on any atom is -0.481 e. The van der Waals surface area contributed by atoms with Gasteiger partial charge in [-0.05, 0) is 17.5 Å². The lowest BCUT2D eigenvalue weighted by atomic mass is 9.96. The molecule has 0 spiro atoms. The summed E-state index contributed by atoms with van der Waals surface area (Å²) in [6.07, 6.45) is 5.10. The van der Waals surface area contributed by atoms with Crippen LogP contribution in [0.3, 0.4) is 0 Å². The van der Waals surface area contributed by atoms with Gasteiger partial charge in [-0.15, -0.1) is 0 Å². The fraction of sp³-hybridized carbons (Fsp3) is 0.250. The first-order valence-electron chi connectivity index (χ1n) is 4.76. The second-order valence-electron chi connectivity index (χ2n) is 3.53. The molecular formula is C12H12O2. The largest absolute Gasteiger partial charge is 0.481 e. The number of benzene rings is 1. The van der Waals surface area contributed by atoms with Crippen molar-refractivity contribution in [1.29, 1.82) is 0 Å². The van der Waals surface area contributed by atoms with Crippen molar-refractivity contribution in [3.8, 4) is 0 Å². The number of aliphatic carboxylic acids is 1. The number of carboxylic acids is 1. The van der Waals surface area contributed by atoms with Crippen LogP contribution in [-0.4, -0.2) is 11.1 Å². The summed E-state index contributed by atoms with van der Waals surface area (Å²) in [5.41, 5.74) is 2.48. The predicted octanol–water partition coefficient (Wildman–Crippen LogP) is 2.66. The van der Waals surface area contributed by atoms with Crippen LogP contribution in [0.5, 0.6) is 0 Å². The highest BCUT2D eigenvalue weighted by atomic mass is 16.4. The fourth-order valence-corrected chi connectivity index (χ4v) is 1.85. The van der Waals surface area contributed by atoms with Crippen molar-refractivity contribution in [2.75, 3.05) is 0 Å². The zero-order chi connectivity index (χ0) is 9.97. The quantitative estimate of drug-likeness (QED) is 0.791. The van der Waals surface area contributed by atoms with Gasteiger partial charge in [0.1, 0.15) is 0 Å². The topological polar surface area (TPSA) is 37.3 Å². The Bertz CT molecular complexity index is 380. The van der Waals surface area contributed by atoms with Crippen LogP contribution in [0.15, 0.2) is 30.3 Å². The van der Waals surface area contributed by atoms with Crippen molar-refractivity contribution in [2.24, 2.45) is 0 Å². The number of fused-ring (bicyclic) bond motifs is 1. The van der Waals surface area contributed by atoms with E-state index in [0.717, 1.165) is 0 Å². The molecule has 1 unspecified atom stereocenters. The van der Waals surface area contributed by atoms with E-state index in [9.17, 15) is 4.79 Å². The molecule has 0 saturated carbocycles. The average molecular weight is 188 g/mol. The third-order valence-corrected chi connectivity index (χ3v) is 2.57. The Balaban J connectivity index is 2.11. The summed E-state index contributed by atoms with van der Waals surface area (Å²) in [6.45, 7) is 0. The lowest BCUT2D eigenvalue weighted by Gasteiger charge is -2.08. The first-order chi connectivity index (χ1) is 6.77. The molecule has 2 heteroatoms. The molecule has 0 saturated heterocycles. The summed E-state index contributed by atoms with van der Waals surface area (Å²) in [4.78, 5) is 10.4. The van der Waals surface area contributed by atoms with E-state index in [2.05, 4.69) is 24.3 Å². The SMILES string of the molecule is O=C(O)CCC1C=Cc2ccccc21. The lowest BCUT2D eigenvalue weighted by Crippen LogP contribution is -1.99. The lowest BCUT2D eigenvalue weighted by molar-refractivity contribution is -0.137. The van der Waals surface area contributed by atoms with Crippen molar-refractivity contribution in [3.05, 3.63) is 41.5 Å². The van der Waals surface area contributed by atoms with Crippen molar-refractivity contribution in [1.82, 2.24) is 0 Å². The summed E-state index contributed by atoms with van der Waals surface area (Å²) in [7, 11) is 0. The molecule has 0 amide bonds. The highest BCUT2D eigenvalue weighted by Crippen LogP contribution is 2.32. The molecule has 14 heavy (non-hydrogen) atoms. The Morgan fingerprint density at radius 2 is 2.14 bits per heavy atom. The van der Waals surface area contributed by atoms with Crippen LogP contribution >= 0.6 is 0 Å². The molecule has 2 nitrogen and oxygen atoms in total. The number of hydrogen-bond acceptors (Lipinski definition) is 1. The van der Waals surface area contributed by atoms with Crippen LogP contribution in [-0.2, 0) is 4.79 Å². The highest BCUT2D eigenvalue weighted by Gasteiger charge is 2.16. The van der Waals surface area contributed by atoms with Crippen LogP contribution < -0.4 is 0 Å². The minimum atomic E-state index is -0.720. The van der Waals surface area contributed by atoms with Crippen LogP contribution in [0.25, 0.3) is 6.08 Å². The Morgan fingerprint density at radius 3 is 2.93 bits per heavy atom. The van der Waals surface area contributed by atoms with E-state index in [-0.39, 0.29) is 6.42 Å². The molecule has 72 valence electrons. The fourth-order valence-electron chi connectivity index (χ4n) is 1.85. The Labute approximate surface area is 82.9 Å². The molecule has 2 rings (SSSR count). The summed E-state index contributed by atoms with van der Waals surface area (Å²) in [5.74, 6) is -0.426. The molecule has 1 aliphatic carbocycles. The molecule has 1 aromatic carbocycles. The van der Waals surface area contributed by atoms with Crippen LogP contribution in [0.4, 0.5) is 0 Å². The molecular weight excluding hydrogens is 176 g/mol. The maximum atomic E-state index is 10.4. The number of carboxylic acid groups (broad SMARTS) is 1. The predicted molar refractivity (Wildman–Crippen MR) is 55.1 cm³/mol. The van der Waals surface area contributed by atoms with E-state index in [1.165, 1.54) is 11.1 Å². The van der Waals surface area contributed by atoms with Gasteiger partial charge in [-0.1, -0.05) is 36.4 Å². The molecule has 0 heterocycles. The van der Waals surface area contributed by atoms with Gasteiger partial charge in [0.25, 0.3) is 0 Å². The van der Waals surface area contributed by atoms with E-state index in [4.69, 9.17) is 5.11 Å². The Morgan fingerprint density at radius 1 is 1.36 bits per heavy atom. The molecule has 0 radical (unpaired) electrons. The molecule has 0 aromatic heterocycles. The van der Waals surface area contributed by atoms with E-state index >= 15 is 0 Å². The van der Waals surface area contributed by atoms with Gasteiger partial charge in [0.15, 0.2) is 0 Å². The maximum Gasteiger partial charge on any atom is 0.303 e. The standard InChI is InChI=1S/C12H12O2/c13-12(14)8-7-10-6-5-9-3-1-2-4-11(9)10/h1-6,10H,7-8H2,(H,13,14). The van der Waals surface area contributed by atoms with Crippen molar-refractivity contribution < 1.29 is 9.90 Å². The normalized spacial score (nSPS) is 18.1. The molecule has 1 atom stereocenters. The van der Waals surface area contributed by atoms with Crippen LogP contribution in [0.2, 0.25) is 0 Å². The molecule has 1 aromatic rings. The maximum absolute atomic E-state index is 10.4. The zero-order valence-electron chi connectivity index (χ0n) is 7.81. The van der Waals surface area contributed by atoms with E-state index in [1.807, 2.05) is 12.1 Å². The van der Waals surface area contributed by atoms with Crippen LogP contribution in [0, 0.1) is 0 Å². The van der Waals surface area contributed by atoms with Crippen LogP contribution in [0.1, 0.15) is 29.9 Å². The molecule has 0 aliphatic heterocycles. The number of hydrogen-bond donors (Lipinski definition) is 1. The van der Waals surface area contributed by atoms with E-state index in [1.54, 1.807) is 0 Å². The molecule has 1 N–H and O–H groups in total. The number of rotatable bonds is 3. The summed E-state index contributed by atoms with van der Waals surface area (Å²) in [6, 6.07) is 8.14. The number of carbonyl (C=O) groups is 1. The van der Waals surface area contributed by atoms with Crippen molar-refractivity contribution >= 4 is 12.0 Å². The zero-order valence-corrected chi connectivity index (χ0v) is 7.81. The first-order valence-corrected chi connectivity index (χ1v) is 4.76. The van der Waals surface area contributed by atoms with Gasteiger partial charge in [0, 0.05) is 12.3 Å². The van der Waals surface area contributed by atoms with Gasteiger partial charge >= 0.3 is 5.97 Å². The van der Waals surface area contributed by atoms with Crippen molar-refractivity contribution in [3.63, 3.8) is 0 Å². The third kappa shape index (κ3) is 1.69. The smallest absolute Gasteiger partial charge is 0.303 e. The molecule has 1 aliphatic rings. The second-order valence-corrected chi connectivity index (χ2v) is 3.53. The first kappa shape index (κ1) is 9.00. The summed E-state index contributed by atoms with van der Waals surface area (Å²) in [5, 5.41) is 8.60. The monoisotopic (exact) mass is 188 g/mol. The third-order valence-electron chi connectivity index (χ3n) is 2.57. The van der Waals surface area contributed by atoms with Gasteiger partial charge < -0.3 is 5.11 Å². The molecule has 0 fully saturated rings. The van der Waals surface area contributed by atoms with Gasteiger partial charge in [-0.3, -0.25) is 4.79 Å². The number of allylic oxidation sites excluding steroid dienone is 1. The van der Waals surface area contributed by atoms with Crippen molar-refractivity contribution in [2.45, 2.75) is 18.8 Å². The van der Waals surface area contributed by atoms with Gasteiger partial charge in [0.05, 0.1) is 0 Å². The van der Waals surface area contributed by atoms with E-state index < -0.39 is 5.97 Å². The Hall–Kier alpha value is -1.57. The molecule has 0 bridgehead atoms. The van der Waals surface area contributed by atoms with E-state index in [0.29, 0.717) is 12.3 Å². The Kier molecular flexibility index (Phi) is 2.35. The minimum absolute atomic E-state index is 0.239. The van der Waals surface area contributed by atoms with Gasteiger partial charge in [0.2, 0.25) is 0 Å². The summed E-state index contributed by atoms with van der Waals surface area (Å²) >= 11 is 0. The van der Waals surface area contributed by atoms with Gasteiger partial charge in [-0.2, -0.15) is 0 Å². The average Bonchev–Trinajstić information content (AvgIpc) is 2.58.